The Bertz CT molecular complexity index is 247. The van der Waals surface area contributed by atoms with Gasteiger partial charge in [-0.15, -0.1) is 0 Å². The molecule has 1 amide bonds. The molecule has 0 aliphatic rings. The van der Waals surface area contributed by atoms with Gasteiger partial charge in [-0.2, -0.15) is 0 Å². The van der Waals surface area contributed by atoms with Crippen LogP contribution in [0.15, 0.2) is 0 Å². The highest BCUT2D eigenvalue weighted by molar-refractivity contribution is 5.78. The van der Waals surface area contributed by atoms with Gasteiger partial charge in [0.15, 0.2) is 0 Å². The van der Waals surface area contributed by atoms with Gasteiger partial charge in [0.05, 0.1) is 13.2 Å². The topological polar surface area (TPSA) is 84.7 Å². The van der Waals surface area contributed by atoms with Crippen LogP contribution in [0.5, 0.6) is 0 Å². The van der Waals surface area contributed by atoms with E-state index in [0.717, 1.165) is 13.0 Å². The number of nitrogens with zero attached hydrogens (tertiary/aromatic N) is 1. The number of nitrogens with two attached hydrogens (primary N) is 1. The Kier molecular flexibility index (Phi) is 10.3. The molecule has 0 spiro atoms. The number of rotatable bonds is 10. The van der Waals surface area contributed by atoms with Crippen molar-refractivity contribution in [1.82, 2.24) is 10.2 Å². The molecule has 0 aromatic heterocycles. The fourth-order valence-electron chi connectivity index (χ4n) is 1.44. The second-order valence-corrected chi connectivity index (χ2v) is 4.14. The highest BCUT2D eigenvalue weighted by atomic mass is 16.5. The molecular weight excluding hydrogens is 234 g/mol. The molecule has 18 heavy (non-hydrogen) atoms. The van der Waals surface area contributed by atoms with Crippen molar-refractivity contribution in [2.24, 2.45) is 5.73 Å². The largest absolute Gasteiger partial charge is 0.466 e. The minimum absolute atomic E-state index is 0.0293. The molecule has 0 aromatic rings. The molecule has 0 bridgehead atoms. The number of ether oxygens (including phenoxy) is 1. The predicted octanol–water partition coefficient (Wildman–Crippen LogP) is -0.273. The smallest absolute Gasteiger partial charge is 0.305 e. The number of amides is 1. The van der Waals surface area contributed by atoms with Crippen LogP contribution in [0.3, 0.4) is 0 Å². The zero-order valence-corrected chi connectivity index (χ0v) is 11.4. The van der Waals surface area contributed by atoms with Gasteiger partial charge in [0, 0.05) is 13.0 Å². The molecule has 0 rings (SSSR count). The molecule has 0 radical (unpaired) electrons. The zero-order valence-electron chi connectivity index (χ0n) is 11.4. The van der Waals surface area contributed by atoms with Crippen LogP contribution in [0, 0.1) is 0 Å². The lowest BCUT2D eigenvalue weighted by Crippen LogP contribution is -2.36. The third-order valence-corrected chi connectivity index (χ3v) is 2.34. The normalized spacial score (nSPS) is 10.4. The Labute approximate surface area is 109 Å². The molecule has 0 unspecified atom stereocenters. The van der Waals surface area contributed by atoms with Crippen LogP contribution in [0.25, 0.3) is 0 Å². The first-order chi connectivity index (χ1) is 8.60. The Morgan fingerprint density at radius 3 is 2.67 bits per heavy atom. The Morgan fingerprint density at radius 1 is 1.33 bits per heavy atom. The maximum atomic E-state index is 11.5. The summed E-state index contributed by atoms with van der Waals surface area (Å²) in [6.45, 7) is 4.48. The zero-order chi connectivity index (χ0) is 13.8. The van der Waals surface area contributed by atoms with E-state index >= 15 is 0 Å². The quantitative estimate of drug-likeness (QED) is 0.416. The van der Waals surface area contributed by atoms with Gasteiger partial charge in [0.1, 0.15) is 0 Å². The summed E-state index contributed by atoms with van der Waals surface area (Å²) in [7, 11) is 1.88. The van der Waals surface area contributed by atoms with Gasteiger partial charge in [0.2, 0.25) is 5.91 Å². The van der Waals surface area contributed by atoms with E-state index in [0.29, 0.717) is 39.1 Å². The van der Waals surface area contributed by atoms with E-state index in [1.165, 1.54) is 0 Å². The van der Waals surface area contributed by atoms with Gasteiger partial charge in [-0.05, 0) is 39.9 Å². The second kappa shape index (κ2) is 11.0. The number of carbonyl (C=O) groups excluding carboxylic acids is 2. The molecule has 0 aliphatic heterocycles. The average molecular weight is 259 g/mol. The molecule has 0 saturated carbocycles. The minimum atomic E-state index is -0.216. The van der Waals surface area contributed by atoms with Crippen LogP contribution in [-0.2, 0) is 14.3 Å². The number of carbonyl (C=O) groups is 2. The Hall–Kier alpha value is -1.14. The lowest BCUT2D eigenvalue weighted by Gasteiger charge is -2.15. The summed E-state index contributed by atoms with van der Waals surface area (Å²) in [6, 6.07) is 0. The molecule has 0 aliphatic carbocycles. The molecule has 3 N–H and O–H groups in total. The molecule has 106 valence electrons. The first-order valence-corrected chi connectivity index (χ1v) is 6.41. The molecule has 0 heterocycles. The maximum absolute atomic E-state index is 11.5. The van der Waals surface area contributed by atoms with Crippen molar-refractivity contribution in [3.8, 4) is 0 Å². The average Bonchev–Trinajstić information content (AvgIpc) is 2.32. The van der Waals surface area contributed by atoms with E-state index < -0.39 is 0 Å². The van der Waals surface area contributed by atoms with E-state index in [-0.39, 0.29) is 11.9 Å². The van der Waals surface area contributed by atoms with Gasteiger partial charge >= 0.3 is 5.97 Å². The maximum Gasteiger partial charge on any atom is 0.305 e. The van der Waals surface area contributed by atoms with E-state index in [1.807, 2.05) is 11.9 Å². The van der Waals surface area contributed by atoms with Crippen molar-refractivity contribution in [2.45, 2.75) is 26.2 Å². The highest BCUT2D eigenvalue weighted by Crippen LogP contribution is 1.91. The van der Waals surface area contributed by atoms with Crippen LogP contribution in [0.4, 0.5) is 0 Å². The Morgan fingerprint density at radius 2 is 2.06 bits per heavy atom. The number of hydrogen-bond donors (Lipinski definition) is 2. The summed E-state index contributed by atoms with van der Waals surface area (Å²) in [5.74, 6) is -0.245. The second-order valence-electron chi connectivity index (χ2n) is 4.14. The Balaban J connectivity index is 3.50. The van der Waals surface area contributed by atoms with Crippen LogP contribution >= 0.6 is 0 Å². The summed E-state index contributed by atoms with van der Waals surface area (Å²) in [6.07, 6.45) is 1.83. The van der Waals surface area contributed by atoms with Gasteiger partial charge in [0.25, 0.3) is 0 Å². The summed E-state index contributed by atoms with van der Waals surface area (Å²) in [5.41, 5.74) is 5.39. The first-order valence-electron chi connectivity index (χ1n) is 6.41. The number of esters is 1. The number of hydrogen-bond acceptors (Lipinski definition) is 5. The van der Waals surface area contributed by atoms with Crippen molar-refractivity contribution in [3.63, 3.8) is 0 Å². The monoisotopic (exact) mass is 259 g/mol. The van der Waals surface area contributed by atoms with Crippen LogP contribution in [0.2, 0.25) is 0 Å². The van der Waals surface area contributed by atoms with Gasteiger partial charge in [-0.25, -0.2) is 0 Å². The lowest BCUT2D eigenvalue weighted by atomic mass is 10.3. The SMILES string of the molecule is CCOC(=O)CCCNC(=O)CN(C)CCCN. The molecule has 6 nitrogen and oxygen atoms in total. The summed E-state index contributed by atoms with van der Waals surface area (Å²) >= 11 is 0. The van der Waals surface area contributed by atoms with Gasteiger partial charge < -0.3 is 15.8 Å². The minimum Gasteiger partial charge on any atom is -0.466 e. The van der Waals surface area contributed by atoms with Gasteiger partial charge in [-0.1, -0.05) is 0 Å². The number of nitrogens with one attached hydrogen (secondary N) is 1. The molecule has 0 atom stereocenters. The molecule has 6 heteroatoms. The van der Waals surface area contributed by atoms with Crippen LogP contribution < -0.4 is 11.1 Å². The summed E-state index contributed by atoms with van der Waals surface area (Å²) < 4.78 is 4.79. The fourth-order valence-corrected chi connectivity index (χ4v) is 1.44. The summed E-state index contributed by atoms with van der Waals surface area (Å²) in [5, 5.41) is 2.77. The molecule has 0 fully saturated rings. The van der Waals surface area contributed by atoms with E-state index in [1.54, 1.807) is 6.92 Å². The third-order valence-electron chi connectivity index (χ3n) is 2.34. The van der Waals surface area contributed by atoms with Crippen LogP contribution in [0.1, 0.15) is 26.2 Å². The predicted molar refractivity (Wildman–Crippen MR) is 70.0 cm³/mol. The third kappa shape index (κ3) is 10.0. The molecule has 0 saturated heterocycles. The van der Waals surface area contributed by atoms with E-state index in [2.05, 4.69) is 5.32 Å². The van der Waals surface area contributed by atoms with Crippen LogP contribution in [-0.4, -0.2) is 56.6 Å². The van der Waals surface area contributed by atoms with Crippen molar-refractivity contribution in [1.29, 1.82) is 0 Å². The first kappa shape index (κ1) is 16.9. The molecule has 0 aromatic carbocycles. The van der Waals surface area contributed by atoms with Crippen molar-refractivity contribution >= 4 is 11.9 Å². The van der Waals surface area contributed by atoms with Crippen molar-refractivity contribution in [3.05, 3.63) is 0 Å². The summed E-state index contributed by atoms with van der Waals surface area (Å²) in [4.78, 5) is 24.4. The number of likely N-dealkylation sites (N-methyl/N-ethyl adjacent to an activating group) is 1. The fraction of sp³-hybridized carbons (Fsp3) is 0.833. The highest BCUT2D eigenvalue weighted by Gasteiger charge is 2.06. The van der Waals surface area contributed by atoms with Gasteiger partial charge in [-0.3, -0.25) is 14.5 Å². The lowest BCUT2D eigenvalue weighted by molar-refractivity contribution is -0.143. The standard InChI is InChI=1S/C12H25N3O3/c1-3-18-12(17)6-4-8-14-11(16)10-15(2)9-5-7-13/h3-10,13H2,1-2H3,(H,14,16). The van der Waals surface area contributed by atoms with E-state index in [9.17, 15) is 9.59 Å². The van der Waals surface area contributed by atoms with E-state index in [4.69, 9.17) is 10.5 Å². The van der Waals surface area contributed by atoms with Crippen molar-refractivity contribution in [2.75, 3.05) is 39.8 Å². The van der Waals surface area contributed by atoms with Crippen molar-refractivity contribution < 1.29 is 14.3 Å². The molecular formula is C12H25N3O3.